The molecule has 154 valence electrons. The Balaban J connectivity index is 1.54. The SMILES string of the molecule is C[As](c1ccc2c(c1)OCC[C@H]2CNc1cnccc1C(=O)O)c1ccccc1F. The Bertz CT molecular complexity index is 1080. The fourth-order valence-electron chi connectivity index (χ4n) is 3.69. The summed E-state index contributed by atoms with van der Waals surface area (Å²) < 4.78 is 22.1. The van der Waals surface area contributed by atoms with Gasteiger partial charge in [0.05, 0.1) is 0 Å². The molecule has 1 aliphatic rings. The van der Waals surface area contributed by atoms with Crippen molar-refractivity contribution >= 4 is 35.0 Å². The van der Waals surface area contributed by atoms with Gasteiger partial charge in [0.2, 0.25) is 0 Å². The van der Waals surface area contributed by atoms with Gasteiger partial charge in [-0.15, -0.1) is 0 Å². The number of hydrogen-bond acceptors (Lipinski definition) is 4. The van der Waals surface area contributed by atoms with E-state index in [9.17, 15) is 14.3 Å². The molecule has 5 nitrogen and oxygen atoms in total. The third-order valence-electron chi connectivity index (χ3n) is 5.35. The summed E-state index contributed by atoms with van der Waals surface area (Å²) in [5.41, 5.74) is 3.94. The maximum atomic E-state index is 14.2. The van der Waals surface area contributed by atoms with Crippen LogP contribution in [0.2, 0.25) is 5.71 Å². The predicted octanol–water partition coefficient (Wildman–Crippen LogP) is 3.14. The minimum atomic E-state index is -1.73. The van der Waals surface area contributed by atoms with Crippen LogP contribution in [-0.2, 0) is 0 Å². The van der Waals surface area contributed by atoms with Crippen molar-refractivity contribution < 1.29 is 19.0 Å². The summed E-state index contributed by atoms with van der Waals surface area (Å²) in [6.45, 7) is 1.18. The number of pyridine rings is 1. The fourth-order valence-corrected chi connectivity index (χ4v) is 7.03. The standard InChI is InChI=1S/C23H22AsFN2O3/c1-24(19-4-2-3-5-20(19)25)16-6-7-17-15(9-11-30-22(17)12-16)13-27-21-14-26-10-8-18(21)23(28)29/h2-8,10,12,14-15,27H,9,11,13H2,1H3,(H,28,29)/t15-,24?/m0/s1. The van der Waals surface area contributed by atoms with E-state index >= 15 is 0 Å². The van der Waals surface area contributed by atoms with E-state index in [2.05, 4.69) is 34.2 Å². The van der Waals surface area contributed by atoms with E-state index in [4.69, 9.17) is 4.74 Å². The molecule has 4 rings (SSSR count). The Hall–Kier alpha value is -2.85. The second kappa shape index (κ2) is 8.88. The van der Waals surface area contributed by atoms with E-state index in [0.29, 0.717) is 18.8 Å². The van der Waals surface area contributed by atoms with Crippen molar-refractivity contribution in [1.82, 2.24) is 4.98 Å². The summed E-state index contributed by atoms with van der Waals surface area (Å²) in [4.78, 5) is 15.4. The predicted molar refractivity (Wildman–Crippen MR) is 116 cm³/mol. The molecular weight excluding hydrogens is 446 g/mol. The first-order valence-electron chi connectivity index (χ1n) is 9.71. The number of nitrogens with zero attached hydrogens (tertiary/aromatic N) is 1. The monoisotopic (exact) mass is 468 g/mol. The second-order valence-electron chi connectivity index (χ2n) is 7.17. The van der Waals surface area contributed by atoms with Gasteiger partial charge in [-0.25, -0.2) is 0 Å². The van der Waals surface area contributed by atoms with Gasteiger partial charge in [-0.05, 0) is 0 Å². The number of benzene rings is 2. The molecule has 0 amide bonds. The Morgan fingerprint density at radius 3 is 2.93 bits per heavy atom. The molecule has 0 radical (unpaired) electrons. The number of ether oxygens (including phenoxy) is 1. The Kier molecular flexibility index (Phi) is 6.05. The first-order chi connectivity index (χ1) is 14.5. The quantitative estimate of drug-likeness (QED) is 0.544. The van der Waals surface area contributed by atoms with Gasteiger partial charge in [-0.2, -0.15) is 0 Å². The molecule has 3 aromatic rings. The van der Waals surface area contributed by atoms with Crippen molar-refractivity contribution in [2.24, 2.45) is 0 Å². The summed E-state index contributed by atoms with van der Waals surface area (Å²) in [7, 11) is 0. The van der Waals surface area contributed by atoms with Crippen molar-refractivity contribution in [3.8, 4) is 5.75 Å². The van der Waals surface area contributed by atoms with Crippen molar-refractivity contribution in [2.75, 3.05) is 18.5 Å². The molecule has 0 saturated carbocycles. The van der Waals surface area contributed by atoms with E-state index in [0.717, 1.165) is 26.4 Å². The molecule has 1 aromatic heterocycles. The zero-order valence-corrected chi connectivity index (χ0v) is 18.4. The van der Waals surface area contributed by atoms with Crippen LogP contribution in [0.4, 0.5) is 10.1 Å². The van der Waals surface area contributed by atoms with Gasteiger partial charge in [0.15, 0.2) is 0 Å². The number of rotatable bonds is 6. The number of aromatic nitrogens is 1. The molecule has 0 aliphatic carbocycles. The van der Waals surface area contributed by atoms with Crippen molar-refractivity contribution in [3.63, 3.8) is 0 Å². The minimum absolute atomic E-state index is 0.147. The van der Waals surface area contributed by atoms with Crippen LogP contribution in [0.15, 0.2) is 60.9 Å². The van der Waals surface area contributed by atoms with E-state index in [1.807, 2.05) is 12.1 Å². The average Bonchev–Trinajstić information content (AvgIpc) is 2.77. The van der Waals surface area contributed by atoms with Crippen LogP contribution in [0.5, 0.6) is 5.75 Å². The number of carbonyl (C=O) groups is 1. The van der Waals surface area contributed by atoms with Gasteiger partial charge in [-0.3, -0.25) is 0 Å². The molecule has 30 heavy (non-hydrogen) atoms. The number of carboxylic acid groups (broad SMARTS) is 1. The number of fused-ring (bicyclic) bond motifs is 1. The molecule has 0 saturated heterocycles. The number of nitrogens with one attached hydrogen (secondary N) is 1. The summed E-state index contributed by atoms with van der Waals surface area (Å²) in [5.74, 6) is -0.0978. The zero-order valence-electron chi connectivity index (χ0n) is 16.5. The Morgan fingerprint density at radius 2 is 2.13 bits per heavy atom. The molecule has 2 atom stereocenters. The molecule has 1 unspecified atom stereocenters. The maximum absolute atomic E-state index is 14.2. The number of halogens is 1. The van der Waals surface area contributed by atoms with Crippen LogP contribution < -0.4 is 18.8 Å². The first kappa shape index (κ1) is 20.4. The van der Waals surface area contributed by atoms with E-state index in [-0.39, 0.29) is 17.3 Å². The molecule has 0 spiro atoms. The summed E-state index contributed by atoms with van der Waals surface area (Å²) in [6, 6.07) is 14.7. The van der Waals surface area contributed by atoms with Crippen LogP contribution in [-0.4, -0.2) is 43.9 Å². The molecule has 0 bridgehead atoms. The number of carboxylic acids is 1. The third kappa shape index (κ3) is 4.19. The molecule has 1 aliphatic heterocycles. The molecule has 2 N–H and O–H groups in total. The number of hydrogen-bond donors (Lipinski definition) is 2. The summed E-state index contributed by atoms with van der Waals surface area (Å²) >= 11 is -1.73. The van der Waals surface area contributed by atoms with Crippen LogP contribution in [0.25, 0.3) is 0 Å². The Morgan fingerprint density at radius 1 is 1.30 bits per heavy atom. The average molecular weight is 468 g/mol. The summed E-state index contributed by atoms with van der Waals surface area (Å²) in [5, 5.41) is 12.6. The zero-order chi connectivity index (χ0) is 21.1. The van der Waals surface area contributed by atoms with Gasteiger partial charge >= 0.3 is 179 Å². The van der Waals surface area contributed by atoms with Crippen LogP contribution in [0.3, 0.4) is 0 Å². The second-order valence-corrected chi connectivity index (χ2v) is 11.6. The van der Waals surface area contributed by atoms with Crippen molar-refractivity contribution in [1.29, 1.82) is 0 Å². The van der Waals surface area contributed by atoms with Crippen LogP contribution >= 0.6 is 0 Å². The molecule has 2 aromatic carbocycles. The Labute approximate surface area is 179 Å². The normalized spacial score (nSPS) is 16.3. The van der Waals surface area contributed by atoms with Gasteiger partial charge in [0.25, 0.3) is 0 Å². The van der Waals surface area contributed by atoms with Crippen LogP contribution in [0, 0.1) is 5.82 Å². The van der Waals surface area contributed by atoms with Gasteiger partial charge in [0.1, 0.15) is 0 Å². The molecule has 2 heterocycles. The van der Waals surface area contributed by atoms with Gasteiger partial charge in [-0.1, -0.05) is 0 Å². The van der Waals surface area contributed by atoms with Gasteiger partial charge in [0, 0.05) is 0 Å². The van der Waals surface area contributed by atoms with Crippen LogP contribution in [0.1, 0.15) is 28.3 Å². The number of anilines is 1. The summed E-state index contributed by atoms with van der Waals surface area (Å²) in [6.07, 6.45) is 3.85. The van der Waals surface area contributed by atoms with E-state index in [1.165, 1.54) is 24.5 Å². The molecular formula is C23H22AsFN2O3. The third-order valence-corrected chi connectivity index (χ3v) is 9.84. The fraction of sp³-hybridized carbons (Fsp3) is 0.217. The number of aromatic carboxylic acids is 1. The molecule has 7 heteroatoms. The van der Waals surface area contributed by atoms with Crippen molar-refractivity contribution in [2.45, 2.75) is 18.1 Å². The first-order valence-corrected chi connectivity index (χ1v) is 13.5. The van der Waals surface area contributed by atoms with E-state index < -0.39 is 20.6 Å². The van der Waals surface area contributed by atoms with E-state index in [1.54, 1.807) is 6.07 Å². The molecule has 0 fully saturated rings. The van der Waals surface area contributed by atoms with Gasteiger partial charge < -0.3 is 0 Å². The van der Waals surface area contributed by atoms with Crippen molar-refractivity contribution in [3.05, 3.63) is 77.9 Å². The topological polar surface area (TPSA) is 71.5 Å².